The maximum absolute atomic E-state index is 12.3. The van der Waals surface area contributed by atoms with Crippen molar-refractivity contribution in [2.45, 2.75) is 12.8 Å². The summed E-state index contributed by atoms with van der Waals surface area (Å²) in [4.78, 5) is 29.4. The second kappa shape index (κ2) is 9.27. The molecular formula is C21H21N3O4S2. The van der Waals surface area contributed by atoms with Gasteiger partial charge in [0.1, 0.15) is 5.01 Å². The number of amides is 2. The van der Waals surface area contributed by atoms with Crippen LogP contribution < -0.4 is 5.32 Å². The number of hydrogen-bond donors (Lipinski definition) is 2. The Balaban J connectivity index is 1.36. The van der Waals surface area contributed by atoms with Gasteiger partial charge in [-0.05, 0) is 42.3 Å². The first-order valence-electron chi connectivity index (χ1n) is 9.59. The highest BCUT2D eigenvalue weighted by Gasteiger charge is 2.23. The Bertz CT molecular complexity index is 1010. The average Bonchev–Trinajstić information content (AvgIpc) is 3.45. The third kappa shape index (κ3) is 4.80. The van der Waals surface area contributed by atoms with E-state index in [0.29, 0.717) is 31.6 Å². The maximum atomic E-state index is 12.3. The number of nitrogens with one attached hydrogen (secondary N) is 1. The molecular weight excluding hydrogens is 422 g/mol. The summed E-state index contributed by atoms with van der Waals surface area (Å²) in [5.41, 5.74) is 3.49. The number of nitrogens with zero attached hydrogens (tertiary/aromatic N) is 2. The van der Waals surface area contributed by atoms with E-state index in [-0.39, 0.29) is 12.5 Å². The lowest BCUT2D eigenvalue weighted by atomic mass is 9.98. The van der Waals surface area contributed by atoms with Crippen LogP contribution in [0.15, 0.2) is 46.5 Å². The molecule has 1 aromatic carbocycles. The number of likely N-dealkylation sites (tertiary alicyclic amines) is 1. The first kappa shape index (κ1) is 20.4. The van der Waals surface area contributed by atoms with E-state index in [4.69, 9.17) is 14.8 Å². The molecule has 3 aromatic rings. The normalized spacial score (nSPS) is 14.5. The van der Waals surface area contributed by atoms with Gasteiger partial charge in [0, 0.05) is 35.0 Å². The number of thiazole rings is 1. The van der Waals surface area contributed by atoms with Crippen molar-refractivity contribution in [1.29, 1.82) is 0 Å². The van der Waals surface area contributed by atoms with Crippen LogP contribution in [0, 0.1) is 5.92 Å². The van der Waals surface area contributed by atoms with Crippen LogP contribution >= 0.6 is 22.7 Å². The number of carbonyl (C=O) groups is 2. The predicted molar refractivity (Wildman–Crippen MR) is 118 cm³/mol. The number of piperidine rings is 1. The molecule has 2 aromatic heterocycles. The van der Waals surface area contributed by atoms with E-state index in [1.807, 2.05) is 41.1 Å². The van der Waals surface area contributed by atoms with E-state index < -0.39 is 12.2 Å². The molecule has 0 saturated carbocycles. The van der Waals surface area contributed by atoms with Gasteiger partial charge in [0.2, 0.25) is 0 Å². The molecule has 1 aliphatic heterocycles. The third-order valence-electron chi connectivity index (χ3n) is 5.05. The number of ether oxygens (including phenoxy) is 1. The Kier molecular flexibility index (Phi) is 6.29. The monoisotopic (exact) mass is 443 g/mol. The number of aromatic nitrogens is 1. The van der Waals surface area contributed by atoms with E-state index >= 15 is 0 Å². The van der Waals surface area contributed by atoms with Crippen LogP contribution in [0.25, 0.3) is 21.8 Å². The van der Waals surface area contributed by atoms with Crippen LogP contribution in [0.1, 0.15) is 12.8 Å². The van der Waals surface area contributed by atoms with Gasteiger partial charge in [0.15, 0.2) is 0 Å². The van der Waals surface area contributed by atoms with Gasteiger partial charge >= 0.3 is 12.2 Å². The fourth-order valence-corrected chi connectivity index (χ4v) is 4.87. The van der Waals surface area contributed by atoms with Gasteiger partial charge in [-0.15, -0.1) is 11.3 Å². The van der Waals surface area contributed by atoms with Crippen molar-refractivity contribution in [3.05, 3.63) is 46.5 Å². The van der Waals surface area contributed by atoms with Gasteiger partial charge in [-0.2, -0.15) is 11.3 Å². The Labute approximate surface area is 182 Å². The molecule has 0 aliphatic carbocycles. The summed E-state index contributed by atoms with van der Waals surface area (Å²) in [5.74, 6) is 0.175. The predicted octanol–water partition coefficient (Wildman–Crippen LogP) is 5.48. The number of benzene rings is 1. The molecule has 3 heterocycles. The molecule has 0 spiro atoms. The van der Waals surface area contributed by atoms with Crippen LogP contribution in [0.3, 0.4) is 0 Å². The number of thiophene rings is 1. The topological polar surface area (TPSA) is 91.8 Å². The molecule has 1 aliphatic rings. The molecule has 2 amide bonds. The zero-order chi connectivity index (χ0) is 20.9. The van der Waals surface area contributed by atoms with Crippen LogP contribution in [-0.2, 0) is 4.74 Å². The van der Waals surface area contributed by atoms with Gasteiger partial charge in [-0.3, -0.25) is 5.32 Å². The molecule has 0 atom stereocenters. The minimum Gasteiger partial charge on any atom is -0.465 e. The number of anilines is 1. The van der Waals surface area contributed by atoms with Crippen molar-refractivity contribution in [2.24, 2.45) is 5.92 Å². The number of rotatable bonds is 5. The summed E-state index contributed by atoms with van der Waals surface area (Å²) in [7, 11) is 0. The summed E-state index contributed by atoms with van der Waals surface area (Å²) >= 11 is 3.16. The first-order valence-corrected chi connectivity index (χ1v) is 11.4. The summed E-state index contributed by atoms with van der Waals surface area (Å²) in [5, 5.41) is 18.7. The quantitative estimate of drug-likeness (QED) is 0.545. The molecule has 1 fully saturated rings. The number of carboxylic acid groups (broad SMARTS) is 1. The summed E-state index contributed by atoms with van der Waals surface area (Å²) in [6.07, 6.45) is -0.0211. The van der Waals surface area contributed by atoms with Crippen molar-refractivity contribution < 1.29 is 19.4 Å². The Morgan fingerprint density at radius 1 is 1.20 bits per heavy atom. The highest BCUT2D eigenvalue weighted by molar-refractivity contribution is 7.13. The van der Waals surface area contributed by atoms with Crippen LogP contribution in [0.5, 0.6) is 0 Å². The fraction of sp³-hybridized carbons (Fsp3) is 0.286. The smallest absolute Gasteiger partial charge is 0.411 e. The van der Waals surface area contributed by atoms with Gasteiger partial charge in [-0.1, -0.05) is 12.1 Å². The van der Waals surface area contributed by atoms with Crippen molar-refractivity contribution in [2.75, 3.05) is 25.0 Å². The van der Waals surface area contributed by atoms with Gasteiger partial charge < -0.3 is 14.7 Å². The number of carbonyl (C=O) groups excluding carboxylic acids is 1. The summed E-state index contributed by atoms with van der Waals surface area (Å²) in [6.45, 7) is 1.23. The first-order chi connectivity index (χ1) is 14.6. The van der Waals surface area contributed by atoms with Crippen molar-refractivity contribution >= 4 is 40.5 Å². The second-order valence-corrected chi connectivity index (χ2v) is 8.67. The van der Waals surface area contributed by atoms with E-state index in [1.54, 1.807) is 11.3 Å². The van der Waals surface area contributed by atoms with Crippen LogP contribution in [0.2, 0.25) is 0 Å². The molecule has 9 heteroatoms. The van der Waals surface area contributed by atoms with Crippen molar-refractivity contribution in [1.82, 2.24) is 9.88 Å². The van der Waals surface area contributed by atoms with Crippen LogP contribution in [-0.4, -0.2) is 46.9 Å². The van der Waals surface area contributed by atoms with E-state index in [2.05, 4.69) is 10.7 Å². The van der Waals surface area contributed by atoms with Crippen LogP contribution in [0.4, 0.5) is 15.3 Å². The fourth-order valence-electron chi connectivity index (χ4n) is 3.35. The zero-order valence-corrected chi connectivity index (χ0v) is 17.7. The van der Waals surface area contributed by atoms with E-state index in [9.17, 15) is 9.59 Å². The summed E-state index contributed by atoms with van der Waals surface area (Å²) < 4.78 is 5.40. The van der Waals surface area contributed by atoms with Crippen molar-refractivity contribution in [3.63, 3.8) is 0 Å². The molecule has 2 N–H and O–H groups in total. The maximum Gasteiger partial charge on any atom is 0.411 e. The zero-order valence-electron chi connectivity index (χ0n) is 16.1. The lowest BCUT2D eigenvalue weighted by Gasteiger charge is -2.29. The van der Waals surface area contributed by atoms with Gasteiger partial charge in [0.25, 0.3) is 0 Å². The molecule has 0 bridgehead atoms. The standard InChI is InChI=1S/C21H21N3O4S2/c25-20(28-11-14-5-8-24(9-6-14)21(26)27)23-17-4-2-1-3-16(17)19-22-18(13-30-19)15-7-10-29-12-15/h1-4,7,10,12-14H,5-6,8-9,11H2,(H,23,25)(H,26,27). The molecule has 30 heavy (non-hydrogen) atoms. The van der Waals surface area contributed by atoms with E-state index in [1.165, 1.54) is 16.2 Å². The lowest BCUT2D eigenvalue weighted by molar-refractivity contribution is 0.0948. The largest absolute Gasteiger partial charge is 0.465 e. The number of para-hydroxylation sites is 1. The molecule has 0 unspecified atom stereocenters. The SMILES string of the molecule is O=C(Nc1ccccc1-c1nc(-c2ccsc2)cs1)OCC1CCN(C(=O)O)CC1. The Morgan fingerprint density at radius 3 is 2.73 bits per heavy atom. The molecule has 7 nitrogen and oxygen atoms in total. The van der Waals surface area contributed by atoms with Crippen molar-refractivity contribution in [3.8, 4) is 21.8 Å². The third-order valence-corrected chi connectivity index (χ3v) is 6.61. The Morgan fingerprint density at radius 2 is 2.00 bits per heavy atom. The molecule has 1 saturated heterocycles. The summed E-state index contributed by atoms with van der Waals surface area (Å²) in [6, 6.07) is 9.55. The minimum absolute atomic E-state index is 0.175. The molecule has 4 rings (SSSR count). The highest BCUT2D eigenvalue weighted by atomic mass is 32.1. The van der Waals surface area contributed by atoms with Gasteiger partial charge in [-0.25, -0.2) is 14.6 Å². The van der Waals surface area contributed by atoms with E-state index in [0.717, 1.165) is 21.8 Å². The highest BCUT2D eigenvalue weighted by Crippen LogP contribution is 2.34. The molecule has 156 valence electrons. The number of hydrogen-bond acceptors (Lipinski definition) is 6. The second-order valence-electron chi connectivity index (χ2n) is 7.03. The average molecular weight is 444 g/mol. The molecule has 0 radical (unpaired) electrons. The van der Waals surface area contributed by atoms with Gasteiger partial charge in [0.05, 0.1) is 18.0 Å². The Hall–Kier alpha value is -2.91. The minimum atomic E-state index is -0.895. The lowest BCUT2D eigenvalue weighted by Crippen LogP contribution is -2.38.